The SMILES string of the molecule is Nc1cc(-c2cccc3ccccc23)cc(=O)[nH]1. The molecular weight excluding hydrogens is 224 g/mol. The van der Waals surface area contributed by atoms with Crippen LogP contribution < -0.4 is 11.3 Å². The van der Waals surface area contributed by atoms with Crippen LogP contribution in [0.25, 0.3) is 21.9 Å². The van der Waals surface area contributed by atoms with Crippen molar-refractivity contribution in [2.24, 2.45) is 0 Å². The molecule has 3 N–H and O–H groups in total. The number of hydrogen-bond acceptors (Lipinski definition) is 2. The van der Waals surface area contributed by atoms with Crippen LogP contribution in [0.5, 0.6) is 0 Å². The number of aromatic amines is 1. The summed E-state index contributed by atoms with van der Waals surface area (Å²) >= 11 is 0. The summed E-state index contributed by atoms with van der Waals surface area (Å²) in [4.78, 5) is 14.0. The summed E-state index contributed by atoms with van der Waals surface area (Å²) in [5, 5.41) is 2.26. The Labute approximate surface area is 104 Å². The minimum atomic E-state index is -0.182. The van der Waals surface area contributed by atoms with Gasteiger partial charge >= 0.3 is 0 Å². The molecule has 3 aromatic rings. The molecule has 0 saturated carbocycles. The third-order valence-corrected chi connectivity index (χ3v) is 2.97. The van der Waals surface area contributed by atoms with Crippen LogP contribution in [-0.2, 0) is 0 Å². The molecule has 2 aromatic carbocycles. The van der Waals surface area contributed by atoms with E-state index in [0.29, 0.717) is 5.82 Å². The Morgan fingerprint density at radius 3 is 2.56 bits per heavy atom. The second-order valence-electron chi connectivity index (χ2n) is 4.22. The standard InChI is InChI=1S/C15H12N2O/c16-14-8-11(9-15(18)17-14)13-7-3-5-10-4-1-2-6-12(10)13/h1-9H,(H3,16,17,18). The molecule has 0 bridgehead atoms. The number of nitrogens with two attached hydrogens (primary N) is 1. The molecule has 3 nitrogen and oxygen atoms in total. The Balaban J connectivity index is 2.34. The van der Waals surface area contributed by atoms with E-state index in [1.807, 2.05) is 30.3 Å². The summed E-state index contributed by atoms with van der Waals surface area (Å²) in [6.07, 6.45) is 0. The minimum Gasteiger partial charge on any atom is -0.385 e. The fourth-order valence-electron chi connectivity index (χ4n) is 2.20. The van der Waals surface area contributed by atoms with Crippen molar-refractivity contribution in [1.29, 1.82) is 0 Å². The highest BCUT2D eigenvalue weighted by atomic mass is 16.1. The van der Waals surface area contributed by atoms with Crippen molar-refractivity contribution in [3.05, 3.63) is 65.0 Å². The highest BCUT2D eigenvalue weighted by molar-refractivity contribution is 5.96. The maximum Gasteiger partial charge on any atom is 0.250 e. The van der Waals surface area contributed by atoms with Crippen LogP contribution in [0.15, 0.2) is 59.4 Å². The molecule has 3 rings (SSSR count). The molecule has 0 unspecified atom stereocenters. The molecule has 0 aliphatic rings. The number of pyridine rings is 1. The lowest BCUT2D eigenvalue weighted by Gasteiger charge is -2.07. The number of aromatic nitrogens is 1. The molecule has 0 aliphatic carbocycles. The summed E-state index contributed by atoms with van der Waals surface area (Å²) in [7, 11) is 0. The van der Waals surface area contributed by atoms with E-state index in [-0.39, 0.29) is 5.56 Å². The van der Waals surface area contributed by atoms with Crippen molar-refractivity contribution >= 4 is 16.6 Å². The summed E-state index contributed by atoms with van der Waals surface area (Å²) in [6, 6.07) is 17.5. The van der Waals surface area contributed by atoms with Gasteiger partial charge in [-0.25, -0.2) is 0 Å². The number of fused-ring (bicyclic) bond motifs is 1. The number of nitrogen functional groups attached to an aromatic ring is 1. The Hall–Kier alpha value is -2.55. The smallest absolute Gasteiger partial charge is 0.250 e. The van der Waals surface area contributed by atoms with Crippen molar-refractivity contribution in [1.82, 2.24) is 4.98 Å². The van der Waals surface area contributed by atoms with Gasteiger partial charge in [0, 0.05) is 6.07 Å². The highest BCUT2D eigenvalue weighted by Crippen LogP contribution is 2.28. The average Bonchev–Trinajstić information content (AvgIpc) is 2.37. The third-order valence-electron chi connectivity index (χ3n) is 2.97. The van der Waals surface area contributed by atoms with E-state index in [1.54, 1.807) is 12.1 Å². The van der Waals surface area contributed by atoms with Gasteiger partial charge in [-0.2, -0.15) is 0 Å². The number of hydrogen-bond donors (Lipinski definition) is 2. The predicted molar refractivity (Wildman–Crippen MR) is 74.4 cm³/mol. The highest BCUT2D eigenvalue weighted by Gasteiger charge is 2.04. The molecule has 18 heavy (non-hydrogen) atoms. The minimum absolute atomic E-state index is 0.182. The van der Waals surface area contributed by atoms with Gasteiger partial charge < -0.3 is 10.7 Å². The first-order valence-electron chi connectivity index (χ1n) is 5.72. The maximum atomic E-state index is 11.5. The number of H-pyrrole nitrogens is 1. The zero-order valence-corrected chi connectivity index (χ0v) is 9.68. The number of nitrogens with one attached hydrogen (secondary N) is 1. The van der Waals surface area contributed by atoms with Gasteiger partial charge in [-0.1, -0.05) is 42.5 Å². The first-order chi connectivity index (χ1) is 8.74. The van der Waals surface area contributed by atoms with E-state index in [1.165, 1.54) is 0 Å². The van der Waals surface area contributed by atoms with E-state index < -0.39 is 0 Å². The molecule has 0 aliphatic heterocycles. The Morgan fingerprint density at radius 1 is 0.944 bits per heavy atom. The van der Waals surface area contributed by atoms with Crippen LogP contribution in [0, 0.1) is 0 Å². The lowest BCUT2D eigenvalue weighted by molar-refractivity contribution is 1.25. The van der Waals surface area contributed by atoms with E-state index in [2.05, 4.69) is 17.1 Å². The predicted octanol–water partition coefficient (Wildman–Crippen LogP) is 2.78. The van der Waals surface area contributed by atoms with Crippen LogP contribution in [0.2, 0.25) is 0 Å². The van der Waals surface area contributed by atoms with Crippen molar-refractivity contribution in [3.63, 3.8) is 0 Å². The van der Waals surface area contributed by atoms with Gasteiger partial charge in [0.15, 0.2) is 0 Å². The first kappa shape index (κ1) is 10.6. The average molecular weight is 236 g/mol. The number of anilines is 1. The van der Waals surface area contributed by atoms with E-state index >= 15 is 0 Å². The molecule has 0 spiro atoms. The van der Waals surface area contributed by atoms with E-state index in [4.69, 9.17) is 5.73 Å². The van der Waals surface area contributed by atoms with Crippen molar-refractivity contribution in [2.45, 2.75) is 0 Å². The van der Waals surface area contributed by atoms with Gasteiger partial charge in [0.2, 0.25) is 5.56 Å². The summed E-state index contributed by atoms with van der Waals surface area (Å²) in [5.41, 5.74) is 7.36. The monoisotopic (exact) mass is 236 g/mol. The second-order valence-corrected chi connectivity index (χ2v) is 4.22. The Morgan fingerprint density at radius 2 is 1.72 bits per heavy atom. The Bertz CT molecular complexity index is 769. The van der Waals surface area contributed by atoms with Gasteiger partial charge in [0.05, 0.1) is 0 Å². The van der Waals surface area contributed by atoms with Crippen LogP contribution in [0.3, 0.4) is 0 Å². The van der Waals surface area contributed by atoms with E-state index in [9.17, 15) is 4.79 Å². The molecule has 3 heteroatoms. The maximum absolute atomic E-state index is 11.5. The van der Waals surface area contributed by atoms with Crippen LogP contribution >= 0.6 is 0 Å². The first-order valence-corrected chi connectivity index (χ1v) is 5.72. The molecule has 1 heterocycles. The van der Waals surface area contributed by atoms with Gasteiger partial charge in [-0.3, -0.25) is 4.79 Å². The largest absolute Gasteiger partial charge is 0.385 e. The number of benzene rings is 2. The fraction of sp³-hybridized carbons (Fsp3) is 0. The van der Waals surface area contributed by atoms with Crippen LogP contribution in [0.1, 0.15) is 0 Å². The molecule has 0 saturated heterocycles. The van der Waals surface area contributed by atoms with Crippen molar-refractivity contribution < 1.29 is 0 Å². The van der Waals surface area contributed by atoms with Gasteiger partial charge in [-0.15, -0.1) is 0 Å². The zero-order valence-electron chi connectivity index (χ0n) is 9.68. The fourth-order valence-corrected chi connectivity index (χ4v) is 2.20. The van der Waals surface area contributed by atoms with Crippen molar-refractivity contribution in [3.8, 4) is 11.1 Å². The number of rotatable bonds is 1. The van der Waals surface area contributed by atoms with Gasteiger partial charge in [0.25, 0.3) is 0 Å². The normalized spacial score (nSPS) is 10.7. The molecule has 0 fully saturated rings. The summed E-state index contributed by atoms with van der Waals surface area (Å²) in [6.45, 7) is 0. The lowest BCUT2D eigenvalue weighted by Crippen LogP contribution is -2.07. The molecule has 0 radical (unpaired) electrons. The second kappa shape index (κ2) is 4.04. The Kier molecular flexibility index (Phi) is 2.38. The quantitative estimate of drug-likeness (QED) is 0.682. The topological polar surface area (TPSA) is 58.9 Å². The summed E-state index contributed by atoms with van der Waals surface area (Å²) in [5.74, 6) is 0.380. The van der Waals surface area contributed by atoms with Gasteiger partial charge in [-0.05, 0) is 28.0 Å². The molecule has 0 amide bonds. The van der Waals surface area contributed by atoms with Crippen molar-refractivity contribution in [2.75, 3.05) is 5.73 Å². The molecular formula is C15H12N2O. The van der Waals surface area contributed by atoms with E-state index in [0.717, 1.165) is 21.9 Å². The zero-order chi connectivity index (χ0) is 12.5. The lowest BCUT2D eigenvalue weighted by atomic mass is 9.99. The van der Waals surface area contributed by atoms with Crippen LogP contribution in [0.4, 0.5) is 5.82 Å². The molecule has 88 valence electrons. The molecule has 1 aromatic heterocycles. The molecule has 0 atom stereocenters. The van der Waals surface area contributed by atoms with Gasteiger partial charge in [0.1, 0.15) is 5.82 Å². The summed E-state index contributed by atoms with van der Waals surface area (Å²) < 4.78 is 0. The third kappa shape index (κ3) is 1.76. The van der Waals surface area contributed by atoms with Crippen LogP contribution in [-0.4, -0.2) is 4.98 Å².